The second-order valence-corrected chi connectivity index (χ2v) is 4.09. The summed E-state index contributed by atoms with van der Waals surface area (Å²) >= 11 is 0. The summed E-state index contributed by atoms with van der Waals surface area (Å²) in [6.07, 6.45) is 2.85. The zero-order chi connectivity index (χ0) is 13.7. The number of nitrogen functional groups attached to an aromatic ring is 2. The van der Waals surface area contributed by atoms with Crippen LogP contribution in [0.1, 0.15) is 5.56 Å². The van der Waals surface area contributed by atoms with Crippen molar-refractivity contribution in [2.45, 2.75) is 6.92 Å². The van der Waals surface area contributed by atoms with E-state index < -0.39 is 0 Å². The van der Waals surface area contributed by atoms with Gasteiger partial charge in [0, 0.05) is 0 Å². The number of rotatable bonds is 4. The number of aryl methyl sites for hydroxylation is 1. The van der Waals surface area contributed by atoms with Crippen molar-refractivity contribution in [2.75, 3.05) is 11.5 Å². The predicted molar refractivity (Wildman–Crippen MR) is 76.8 cm³/mol. The SMILES string of the molecule is Cc1ccc(N)c(OC=COc2ccccc2N)c1. The molecule has 2 aromatic rings. The lowest BCUT2D eigenvalue weighted by Gasteiger charge is -2.06. The molecule has 0 saturated heterocycles. The van der Waals surface area contributed by atoms with Crippen LogP contribution >= 0.6 is 0 Å². The molecule has 0 amide bonds. The van der Waals surface area contributed by atoms with Gasteiger partial charge in [-0.2, -0.15) is 0 Å². The zero-order valence-corrected chi connectivity index (χ0v) is 10.7. The van der Waals surface area contributed by atoms with E-state index in [1.54, 1.807) is 18.2 Å². The molecule has 98 valence electrons. The Kier molecular flexibility index (Phi) is 3.93. The van der Waals surface area contributed by atoms with Crippen LogP contribution in [0.15, 0.2) is 55.0 Å². The number of hydrogen-bond donors (Lipinski definition) is 2. The standard InChI is InChI=1S/C15H16N2O2/c1-11-6-7-13(17)15(10-11)19-9-8-18-14-5-3-2-4-12(14)16/h2-10H,16-17H2,1H3. The van der Waals surface area contributed by atoms with E-state index >= 15 is 0 Å². The third-order valence-corrected chi connectivity index (χ3v) is 2.53. The van der Waals surface area contributed by atoms with E-state index in [0.29, 0.717) is 22.9 Å². The van der Waals surface area contributed by atoms with E-state index in [-0.39, 0.29) is 0 Å². The van der Waals surface area contributed by atoms with Crippen molar-refractivity contribution in [1.29, 1.82) is 0 Å². The van der Waals surface area contributed by atoms with Crippen LogP contribution < -0.4 is 20.9 Å². The van der Waals surface area contributed by atoms with Crippen molar-refractivity contribution in [2.24, 2.45) is 0 Å². The fourth-order valence-electron chi connectivity index (χ4n) is 1.53. The van der Waals surface area contributed by atoms with Gasteiger partial charge in [0.05, 0.1) is 11.4 Å². The molecule has 0 spiro atoms. The summed E-state index contributed by atoms with van der Waals surface area (Å²) in [7, 11) is 0. The Morgan fingerprint density at radius 1 is 0.842 bits per heavy atom. The molecule has 0 bridgehead atoms. The summed E-state index contributed by atoms with van der Waals surface area (Å²) in [5, 5.41) is 0. The zero-order valence-electron chi connectivity index (χ0n) is 10.7. The first-order valence-electron chi connectivity index (χ1n) is 5.86. The first-order chi connectivity index (χ1) is 9.16. The number of benzene rings is 2. The van der Waals surface area contributed by atoms with Gasteiger partial charge in [0.15, 0.2) is 0 Å². The molecule has 0 aliphatic carbocycles. The highest BCUT2D eigenvalue weighted by atomic mass is 16.5. The molecule has 2 aromatic carbocycles. The van der Waals surface area contributed by atoms with E-state index in [4.69, 9.17) is 20.9 Å². The number of anilines is 2. The molecule has 0 saturated carbocycles. The Morgan fingerprint density at radius 2 is 1.47 bits per heavy atom. The molecule has 0 aliphatic heterocycles. The Bertz CT molecular complexity index is 594. The summed E-state index contributed by atoms with van der Waals surface area (Å²) in [5.74, 6) is 1.18. The molecule has 4 heteroatoms. The first-order valence-corrected chi connectivity index (χ1v) is 5.86. The van der Waals surface area contributed by atoms with Gasteiger partial charge in [0.1, 0.15) is 24.0 Å². The van der Waals surface area contributed by atoms with Gasteiger partial charge in [-0.1, -0.05) is 18.2 Å². The van der Waals surface area contributed by atoms with E-state index in [9.17, 15) is 0 Å². The van der Waals surface area contributed by atoms with Crippen molar-refractivity contribution in [1.82, 2.24) is 0 Å². The van der Waals surface area contributed by atoms with Crippen molar-refractivity contribution in [3.05, 3.63) is 60.6 Å². The van der Waals surface area contributed by atoms with Crippen LogP contribution in [0.4, 0.5) is 11.4 Å². The molecule has 0 aromatic heterocycles. The van der Waals surface area contributed by atoms with Crippen LogP contribution in [-0.2, 0) is 0 Å². The molecule has 0 aliphatic rings. The highest BCUT2D eigenvalue weighted by Crippen LogP contribution is 2.23. The highest BCUT2D eigenvalue weighted by molar-refractivity contribution is 5.54. The van der Waals surface area contributed by atoms with Crippen molar-refractivity contribution in [3.63, 3.8) is 0 Å². The molecule has 19 heavy (non-hydrogen) atoms. The van der Waals surface area contributed by atoms with Crippen LogP contribution in [0, 0.1) is 6.92 Å². The molecule has 0 radical (unpaired) electrons. The molecular formula is C15H16N2O2. The third kappa shape index (κ3) is 3.42. The quantitative estimate of drug-likeness (QED) is 0.651. The summed E-state index contributed by atoms with van der Waals surface area (Å²) < 4.78 is 10.8. The molecule has 0 unspecified atom stereocenters. The molecule has 4 nitrogen and oxygen atoms in total. The maximum absolute atomic E-state index is 5.79. The average molecular weight is 256 g/mol. The van der Waals surface area contributed by atoms with Crippen LogP contribution in [0.2, 0.25) is 0 Å². The Labute approximate surface area is 112 Å². The van der Waals surface area contributed by atoms with Gasteiger partial charge in [-0.25, -0.2) is 0 Å². The molecule has 2 rings (SSSR count). The molecule has 4 N–H and O–H groups in total. The summed E-state index contributed by atoms with van der Waals surface area (Å²) in [4.78, 5) is 0. The Balaban J connectivity index is 1.97. The largest absolute Gasteiger partial charge is 0.460 e. The van der Waals surface area contributed by atoms with Gasteiger partial charge in [-0.3, -0.25) is 0 Å². The average Bonchev–Trinajstić information content (AvgIpc) is 2.40. The lowest BCUT2D eigenvalue weighted by atomic mass is 10.2. The second kappa shape index (κ2) is 5.82. The van der Waals surface area contributed by atoms with E-state index in [0.717, 1.165) is 5.56 Å². The smallest absolute Gasteiger partial charge is 0.149 e. The Morgan fingerprint density at radius 3 is 2.21 bits per heavy atom. The predicted octanol–water partition coefficient (Wildman–Crippen LogP) is 3.09. The monoisotopic (exact) mass is 256 g/mol. The number of ether oxygens (including phenoxy) is 2. The van der Waals surface area contributed by atoms with E-state index in [2.05, 4.69) is 0 Å². The Hall–Kier alpha value is -2.62. The van der Waals surface area contributed by atoms with Crippen LogP contribution in [0.3, 0.4) is 0 Å². The third-order valence-electron chi connectivity index (χ3n) is 2.53. The summed E-state index contributed by atoms with van der Waals surface area (Å²) in [6, 6.07) is 12.8. The van der Waals surface area contributed by atoms with Gasteiger partial charge >= 0.3 is 0 Å². The van der Waals surface area contributed by atoms with Gasteiger partial charge in [0.25, 0.3) is 0 Å². The second-order valence-electron chi connectivity index (χ2n) is 4.09. The molecule has 0 heterocycles. The number of hydrogen-bond acceptors (Lipinski definition) is 4. The van der Waals surface area contributed by atoms with Crippen LogP contribution in [0.5, 0.6) is 11.5 Å². The first kappa shape index (κ1) is 12.8. The molecule has 0 fully saturated rings. The minimum absolute atomic E-state index is 0.571. The highest BCUT2D eigenvalue weighted by Gasteiger charge is 1.99. The minimum atomic E-state index is 0.571. The topological polar surface area (TPSA) is 70.5 Å². The normalized spacial score (nSPS) is 10.6. The molecule has 0 atom stereocenters. The van der Waals surface area contributed by atoms with Gasteiger partial charge in [0.2, 0.25) is 0 Å². The molecular weight excluding hydrogens is 240 g/mol. The minimum Gasteiger partial charge on any atom is -0.460 e. The van der Waals surface area contributed by atoms with Gasteiger partial charge in [-0.05, 0) is 36.8 Å². The van der Waals surface area contributed by atoms with Crippen molar-refractivity contribution >= 4 is 11.4 Å². The van der Waals surface area contributed by atoms with Crippen molar-refractivity contribution < 1.29 is 9.47 Å². The summed E-state index contributed by atoms with van der Waals surface area (Å²) in [5.41, 5.74) is 13.7. The maximum atomic E-state index is 5.79. The van der Waals surface area contributed by atoms with Gasteiger partial charge < -0.3 is 20.9 Å². The number of para-hydroxylation sites is 2. The lowest BCUT2D eigenvalue weighted by Crippen LogP contribution is -1.94. The fraction of sp³-hybridized carbons (Fsp3) is 0.0667. The van der Waals surface area contributed by atoms with E-state index in [1.807, 2.05) is 31.2 Å². The maximum Gasteiger partial charge on any atom is 0.149 e. The van der Waals surface area contributed by atoms with Crippen molar-refractivity contribution in [3.8, 4) is 11.5 Å². The number of nitrogens with two attached hydrogens (primary N) is 2. The van der Waals surface area contributed by atoms with Crippen LogP contribution in [0.25, 0.3) is 0 Å². The van der Waals surface area contributed by atoms with Gasteiger partial charge in [-0.15, -0.1) is 0 Å². The fourth-order valence-corrected chi connectivity index (χ4v) is 1.53. The van der Waals surface area contributed by atoms with E-state index in [1.165, 1.54) is 12.5 Å². The summed E-state index contributed by atoms with van der Waals surface area (Å²) in [6.45, 7) is 1.97. The van der Waals surface area contributed by atoms with Crippen LogP contribution in [-0.4, -0.2) is 0 Å². The lowest BCUT2D eigenvalue weighted by molar-refractivity contribution is 0.424.